The van der Waals surface area contributed by atoms with E-state index in [0.717, 1.165) is 0 Å². The summed E-state index contributed by atoms with van der Waals surface area (Å²) in [6.07, 6.45) is 1.38. The number of benzene rings is 1. The van der Waals surface area contributed by atoms with Gasteiger partial charge in [0.15, 0.2) is 5.58 Å². The lowest BCUT2D eigenvalue weighted by Gasteiger charge is -1.96. The van der Waals surface area contributed by atoms with Crippen LogP contribution >= 0.6 is 0 Å². The van der Waals surface area contributed by atoms with E-state index in [9.17, 15) is 9.90 Å². The molecule has 0 spiro atoms. The maximum absolute atomic E-state index is 10.9. The summed E-state index contributed by atoms with van der Waals surface area (Å²) in [7, 11) is 0. The third kappa shape index (κ3) is 1.99. The first-order valence-electron chi connectivity index (χ1n) is 5.43. The highest BCUT2D eigenvalue weighted by Crippen LogP contribution is 2.26. The van der Waals surface area contributed by atoms with Crippen LogP contribution in [0.4, 0.5) is 0 Å². The van der Waals surface area contributed by atoms with Crippen LogP contribution in [0.3, 0.4) is 0 Å². The summed E-state index contributed by atoms with van der Waals surface area (Å²) in [4.78, 5) is 18.8. The average Bonchev–Trinajstić information content (AvgIpc) is 2.81. The molecule has 0 saturated heterocycles. The first kappa shape index (κ1) is 11.2. The number of phenolic OH excluding ortho intramolecular Hbond substituents is 1. The van der Waals surface area contributed by atoms with Crippen LogP contribution in [0, 0.1) is 0 Å². The number of carboxylic acids is 1. The summed E-state index contributed by atoms with van der Waals surface area (Å²) in [6.45, 7) is 0. The maximum Gasteiger partial charge on any atom is 0.354 e. The van der Waals surface area contributed by atoms with E-state index in [4.69, 9.17) is 9.52 Å². The van der Waals surface area contributed by atoms with Gasteiger partial charge in [0, 0.05) is 17.8 Å². The van der Waals surface area contributed by atoms with Gasteiger partial charge in [-0.1, -0.05) is 0 Å². The standard InChI is InChI=1S/C13H8N2O4/c16-8-1-2-11-9(6-8)15-12(19-11)7-3-4-14-10(5-7)13(17)18/h1-6,16H,(H,17,18). The number of pyridine rings is 1. The van der Waals surface area contributed by atoms with Crippen LogP contribution in [-0.2, 0) is 0 Å². The molecule has 0 saturated carbocycles. The Hall–Kier alpha value is -2.89. The van der Waals surface area contributed by atoms with Crippen LogP contribution < -0.4 is 0 Å². The Labute approximate surface area is 107 Å². The van der Waals surface area contributed by atoms with Crippen molar-refractivity contribution < 1.29 is 19.4 Å². The SMILES string of the molecule is O=C(O)c1cc(-c2nc3cc(O)ccc3o2)ccn1. The minimum atomic E-state index is -1.12. The normalized spacial score (nSPS) is 10.7. The number of aromatic nitrogens is 2. The highest BCUT2D eigenvalue weighted by Gasteiger charge is 2.11. The number of phenols is 1. The van der Waals surface area contributed by atoms with Crippen LogP contribution in [0.2, 0.25) is 0 Å². The lowest BCUT2D eigenvalue weighted by molar-refractivity contribution is 0.0690. The zero-order valence-corrected chi connectivity index (χ0v) is 9.57. The fourth-order valence-electron chi connectivity index (χ4n) is 1.72. The van der Waals surface area contributed by atoms with Gasteiger partial charge in [-0.25, -0.2) is 14.8 Å². The van der Waals surface area contributed by atoms with E-state index in [0.29, 0.717) is 16.7 Å². The molecule has 0 unspecified atom stereocenters. The van der Waals surface area contributed by atoms with E-state index in [1.54, 1.807) is 12.1 Å². The van der Waals surface area contributed by atoms with Gasteiger partial charge in [-0.05, 0) is 24.3 Å². The molecule has 0 aliphatic rings. The highest BCUT2D eigenvalue weighted by atomic mass is 16.4. The van der Waals surface area contributed by atoms with Crippen molar-refractivity contribution in [1.82, 2.24) is 9.97 Å². The first-order chi connectivity index (χ1) is 9.13. The number of aromatic carboxylic acids is 1. The van der Waals surface area contributed by atoms with Crippen molar-refractivity contribution >= 4 is 17.1 Å². The Kier molecular flexibility index (Phi) is 2.42. The number of carboxylic acid groups (broad SMARTS) is 1. The fraction of sp³-hybridized carbons (Fsp3) is 0. The smallest absolute Gasteiger partial charge is 0.354 e. The number of oxazole rings is 1. The zero-order chi connectivity index (χ0) is 13.4. The minimum Gasteiger partial charge on any atom is -0.508 e. The van der Waals surface area contributed by atoms with Crippen LogP contribution in [-0.4, -0.2) is 26.2 Å². The molecule has 0 fully saturated rings. The first-order valence-corrected chi connectivity index (χ1v) is 5.43. The fourth-order valence-corrected chi connectivity index (χ4v) is 1.72. The predicted octanol–water partition coefficient (Wildman–Crippen LogP) is 2.29. The van der Waals surface area contributed by atoms with Gasteiger partial charge in [0.25, 0.3) is 0 Å². The van der Waals surface area contributed by atoms with Gasteiger partial charge in [0.05, 0.1) is 0 Å². The van der Waals surface area contributed by atoms with E-state index in [1.165, 1.54) is 24.4 Å². The molecule has 0 bridgehead atoms. The van der Waals surface area contributed by atoms with Gasteiger partial charge < -0.3 is 14.6 Å². The van der Waals surface area contributed by atoms with E-state index in [2.05, 4.69) is 9.97 Å². The van der Waals surface area contributed by atoms with Crippen LogP contribution in [0.1, 0.15) is 10.5 Å². The number of rotatable bonds is 2. The highest BCUT2D eigenvalue weighted by molar-refractivity contribution is 5.87. The second kappa shape index (κ2) is 4.09. The third-order valence-electron chi connectivity index (χ3n) is 2.60. The second-order valence-corrected chi connectivity index (χ2v) is 3.91. The van der Waals surface area contributed by atoms with Crippen molar-refractivity contribution in [1.29, 1.82) is 0 Å². The van der Waals surface area contributed by atoms with Crippen LogP contribution in [0.15, 0.2) is 40.9 Å². The number of aromatic hydroxyl groups is 1. The van der Waals surface area contributed by atoms with Crippen molar-refractivity contribution in [3.8, 4) is 17.2 Å². The van der Waals surface area contributed by atoms with E-state index in [-0.39, 0.29) is 17.3 Å². The maximum atomic E-state index is 10.9. The number of hydrogen-bond acceptors (Lipinski definition) is 5. The zero-order valence-electron chi connectivity index (χ0n) is 9.57. The summed E-state index contributed by atoms with van der Waals surface area (Å²) in [6, 6.07) is 7.55. The Bertz CT molecular complexity index is 779. The molecule has 3 aromatic rings. The van der Waals surface area contributed by atoms with Gasteiger partial charge in [0.1, 0.15) is 17.0 Å². The monoisotopic (exact) mass is 256 g/mol. The van der Waals surface area contributed by atoms with Crippen LogP contribution in [0.5, 0.6) is 5.75 Å². The molecular weight excluding hydrogens is 248 g/mol. The molecule has 2 aromatic heterocycles. The molecule has 2 heterocycles. The minimum absolute atomic E-state index is 0.0809. The lowest BCUT2D eigenvalue weighted by atomic mass is 10.2. The molecule has 0 atom stereocenters. The van der Waals surface area contributed by atoms with E-state index in [1.807, 2.05) is 0 Å². The van der Waals surface area contributed by atoms with Crippen molar-refractivity contribution in [3.63, 3.8) is 0 Å². The average molecular weight is 256 g/mol. The molecule has 94 valence electrons. The molecular formula is C13H8N2O4. The number of fused-ring (bicyclic) bond motifs is 1. The molecule has 0 aliphatic heterocycles. The lowest BCUT2D eigenvalue weighted by Crippen LogP contribution is -1.99. The topological polar surface area (TPSA) is 96.5 Å². The third-order valence-corrected chi connectivity index (χ3v) is 2.60. The van der Waals surface area contributed by atoms with E-state index >= 15 is 0 Å². The largest absolute Gasteiger partial charge is 0.508 e. The molecule has 0 amide bonds. The molecule has 2 N–H and O–H groups in total. The number of nitrogens with zero attached hydrogens (tertiary/aromatic N) is 2. The van der Waals surface area contributed by atoms with Crippen molar-refractivity contribution in [2.45, 2.75) is 0 Å². The van der Waals surface area contributed by atoms with Gasteiger partial charge in [-0.3, -0.25) is 0 Å². The molecule has 3 rings (SSSR count). The Morgan fingerprint density at radius 2 is 2.05 bits per heavy atom. The Balaban J connectivity index is 2.13. The van der Waals surface area contributed by atoms with Crippen molar-refractivity contribution in [2.24, 2.45) is 0 Å². The number of hydrogen-bond donors (Lipinski definition) is 2. The van der Waals surface area contributed by atoms with Gasteiger partial charge in [-0.2, -0.15) is 0 Å². The van der Waals surface area contributed by atoms with Crippen LogP contribution in [0.25, 0.3) is 22.6 Å². The Morgan fingerprint density at radius 1 is 1.21 bits per heavy atom. The second-order valence-electron chi connectivity index (χ2n) is 3.91. The quantitative estimate of drug-likeness (QED) is 0.730. The van der Waals surface area contributed by atoms with Gasteiger partial charge in [0.2, 0.25) is 5.89 Å². The van der Waals surface area contributed by atoms with Crippen molar-refractivity contribution in [3.05, 3.63) is 42.2 Å². The Morgan fingerprint density at radius 3 is 2.84 bits per heavy atom. The summed E-state index contributed by atoms with van der Waals surface area (Å²) in [5.74, 6) is -0.741. The molecule has 0 aliphatic carbocycles. The molecule has 0 radical (unpaired) electrons. The summed E-state index contributed by atoms with van der Waals surface area (Å²) in [5, 5.41) is 18.2. The summed E-state index contributed by atoms with van der Waals surface area (Å²) < 4.78 is 5.50. The summed E-state index contributed by atoms with van der Waals surface area (Å²) >= 11 is 0. The van der Waals surface area contributed by atoms with Gasteiger partial charge >= 0.3 is 5.97 Å². The van der Waals surface area contributed by atoms with Gasteiger partial charge in [-0.15, -0.1) is 0 Å². The predicted molar refractivity (Wildman–Crippen MR) is 65.9 cm³/mol. The molecule has 1 aromatic carbocycles. The number of carbonyl (C=O) groups is 1. The van der Waals surface area contributed by atoms with E-state index < -0.39 is 5.97 Å². The molecule has 19 heavy (non-hydrogen) atoms. The van der Waals surface area contributed by atoms with Crippen molar-refractivity contribution in [2.75, 3.05) is 0 Å². The summed E-state index contributed by atoms with van der Waals surface area (Å²) in [5.41, 5.74) is 1.45. The molecule has 6 heteroatoms. The molecule has 6 nitrogen and oxygen atoms in total.